The van der Waals surface area contributed by atoms with E-state index in [2.05, 4.69) is 0 Å². The van der Waals surface area contributed by atoms with Crippen molar-refractivity contribution in [3.8, 4) is 17.0 Å². The molecule has 2 rings (SSSR count). The van der Waals surface area contributed by atoms with Gasteiger partial charge in [0.05, 0.1) is 10.7 Å². The summed E-state index contributed by atoms with van der Waals surface area (Å²) in [7, 11) is 0. The van der Waals surface area contributed by atoms with Crippen molar-refractivity contribution in [3.05, 3.63) is 39.6 Å². The van der Waals surface area contributed by atoms with Crippen LogP contribution < -0.4 is 5.43 Å². The monoisotopic (exact) mass is 211 g/mol. The number of hydrogen-bond acceptors (Lipinski definition) is 3. The normalized spacial score (nSPS) is 10.6. The molecule has 14 heavy (non-hydrogen) atoms. The Labute approximate surface area is 83.9 Å². The maximum Gasteiger partial charge on any atom is 0.222 e. The number of hydrogen-bond donors (Lipinski definition) is 2. The van der Waals surface area contributed by atoms with Crippen LogP contribution in [0.3, 0.4) is 0 Å². The fraction of sp³-hybridized carbons (Fsp3) is 0. The van der Waals surface area contributed by atoms with E-state index in [0.717, 1.165) is 10.8 Å². The zero-order chi connectivity index (χ0) is 10.3. The van der Waals surface area contributed by atoms with Crippen LogP contribution >= 0.6 is 11.6 Å². The van der Waals surface area contributed by atoms with E-state index >= 15 is 0 Å². The second-order valence-electron chi connectivity index (χ2n) is 2.85. The molecule has 1 heterocycles. The number of halogens is 1. The quantitative estimate of drug-likeness (QED) is 0.650. The predicted molar refractivity (Wildman–Crippen MR) is 51.2 cm³/mol. The topological polar surface area (TPSA) is 62.5 Å². The molecule has 72 valence electrons. The molecule has 4 nitrogen and oxygen atoms in total. The van der Waals surface area contributed by atoms with Gasteiger partial charge in [-0.15, -0.1) is 0 Å². The zero-order valence-electron chi connectivity index (χ0n) is 6.94. The third kappa shape index (κ3) is 1.20. The van der Waals surface area contributed by atoms with Crippen molar-refractivity contribution in [2.75, 3.05) is 0 Å². The highest BCUT2D eigenvalue weighted by atomic mass is 35.5. The number of phenolic OH excluding ortho intramolecular Hbond substituents is 1. The third-order valence-corrected chi connectivity index (χ3v) is 2.27. The highest BCUT2D eigenvalue weighted by molar-refractivity contribution is 6.33. The van der Waals surface area contributed by atoms with Gasteiger partial charge in [-0.1, -0.05) is 11.6 Å². The van der Waals surface area contributed by atoms with Crippen molar-refractivity contribution in [1.82, 2.24) is 4.73 Å². The minimum atomic E-state index is -0.553. The van der Waals surface area contributed by atoms with Crippen molar-refractivity contribution in [2.45, 2.75) is 0 Å². The second-order valence-corrected chi connectivity index (χ2v) is 3.25. The average molecular weight is 212 g/mol. The summed E-state index contributed by atoms with van der Waals surface area (Å²) in [5, 5.41) is 18.9. The van der Waals surface area contributed by atoms with Gasteiger partial charge in [0.2, 0.25) is 5.43 Å². The number of nitrogens with zero attached hydrogens (tertiary/aromatic N) is 1. The molecule has 0 bridgehead atoms. The van der Waals surface area contributed by atoms with Crippen LogP contribution in [0.4, 0.5) is 0 Å². The standard InChI is InChI=1S/C9H6ClNO3/c10-6-1-2-11(14)7-4-9(13)8(12)3-5(6)7/h1-4,12,14H. The molecule has 0 spiro atoms. The van der Waals surface area contributed by atoms with Crippen molar-refractivity contribution in [3.63, 3.8) is 0 Å². The Morgan fingerprint density at radius 2 is 2.07 bits per heavy atom. The van der Waals surface area contributed by atoms with Crippen LogP contribution in [0.5, 0.6) is 5.75 Å². The van der Waals surface area contributed by atoms with Crippen LogP contribution in [-0.4, -0.2) is 15.0 Å². The minimum absolute atomic E-state index is 0.264. The molecule has 0 fully saturated rings. The highest BCUT2D eigenvalue weighted by Gasteiger charge is 2.12. The Bertz CT molecular complexity index is 520. The number of fused-ring (bicyclic) bond motifs is 1. The van der Waals surface area contributed by atoms with Crippen LogP contribution in [0.15, 0.2) is 29.2 Å². The van der Waals surface area contributed by atoms with Crippen molar-refractivity contribution in [1.29, 1.82) is 0 Å². The second kappa shape index (κ2) is 2.92. The third-order valence-electron chi connectivity index (χ3n) is 1.94. The molecule has 0 saturated carbocycles. The Morgan fingerprint density at radius 3 is 2.79 bits per heavy atom. The van der Waals surface area contributed by atoms with E-state index in [9.17, 15) is 15.1 Å². The Balaban J connectivity index is 2.93. The van der Waals surface area contributed by atoms with E-state index in [4.69, 9.17) is 11.6 Å². The number of rotatable bonds is 0. The van der Waals surface area contributed by atoms with E-state index in [1.54, 1.807) is 0 Å². The van der Waals surface area contributed by atoms with E-state index < -0.39 is 5.43 Å². The Kier molecular flexibility index (Phi) is 1.86. The molecule has 0 saturated heterocycles. The van der Waals surface area contributed by atoms with Crippen LogP contribution in [0, 0.1) is 0 Å². The van der Waals surface area contributed by atoms with E-state index in [-0.39, 0.29) is 11.4 Å². The summed E-state index contributed by atoms with van der Waals surface area (Å²) in [6, 6.07) is 3.82. The van der Waals surface area contributed by atoms with E-state index in [1.807, 2.05) is 0 Å². The van der Waals surface area contributed by atoms with Gasteiger partial charge >= 0.3 is 0 Å². The molecule has 5 heteroatoms. The van der Waals surface area contributed by atoms with Gasteiger partial charge < -0.3 is 10.3 Å². The van der Waals surface area contributed by atoms with Gasteiger partial charge in [0, 0.05) is 17.8 Å². The molecule has 0 aromatic carbocycles. The summed E-state index contributed by atoms with van der Waals surface area (Å²) in [4.78, 5) is 11.1. The summed E-state index contributed by atoms with van der Waals surface area (Å²) in [5.41, 5.74) is 0.136. The molecule has 0 aromatic rings. The molecule has 2 N–H and O–H groups in total. The van der Waals surface area contributed by atoms with Crippen LogP contribution in [0.25, 0.3) is 11.3 Å². The first-order valence-electron chi connectivity index (χ1n) is 3.83. The smallest absolute Gasteiger partial charge is 0.222 e. The molecule has 0 amide bonds. The summed E-state index contributed by atoms with van der Waals surface area (Å²) >= 11 is 5.82. The first kappa shape index (κ1) is 8.90. The van der Waals surface area contributed by atoms with E-state index in [1.165, 1.54) is 18.3 Å². The Morgan fingerprint density at radius 1 is 1.36 bits per heavy atom. The largest absolute Gasteiger partial charge is 0.504 e. The molecule has 1 aliphatic heterocycles. The first-order chi connectivity index (χ1) is 6.59. The van der Waals surface area contributed by atoms with E-state index in [0.29, 0.717) is 10.6 Å². The molecule has 0 radical (unpaired) electrons. The van der Waals surface area contributed by atoms with Gasteiger partial charge in [0.25, 0.3) is 0 Å². The lowest BCUT2D eigenvalue weighted by atomic mass is 10.1. The van der Waals surface area contributed by atoms with Crippen molar-refractivity contribution >= 4 is 11.6 Å². The van der Waals surface area contributed by atoms with Gasteiger partial charge in [-0.2, -0.15) is 4.73 Å². The molecular formula is C9H6ClNO3. The van der Waals surface area contributed by atoms with Gasteiger partial charge in [0.1, 0.15) is 0 Å². The average Bonchev–Trinajstić information content (AvgIpc) is 2.15. The lowest BCUT2D eigenvalue weighted by Crippen LogP contribution is -2.06. The van der Waals surface area contributed by atoms with Gasteiger partial charge in [-0.05, 0) is 12.1 Å². The molecule has 1 aliphatic carbocycles. The van der Waals surface area contributed by atoms with Gasteiger partial charge in [0.15, 0.2) is 5.75 Å². The number of pyridine rings is 1. The number of phenols is 1. The molecule has 0 atom stereocenters. The minimum Gasteiger partial charge on any atom is -0.504 e. The van der Waals surface area contributed by atoms with Crippen molar-refractivity contribution in [2.24, 2.45) is 0 Å². The van der Waals surface area contributed by atoms with Gasteiger partial charge in [-0.3, -0.25) is 4.79 Å². The maximum absolute atomic E-state index is 11.1. The summed E-state index contributed by atoms with van der Waals surface area (Å²) in [6.07, 6.45) is 1.32. The summed E-state index contributed by atoms with van der Waals surface area (Å²) in [6.45, 7) is 0. The van der Waals surface area contributed by atoms with Crippen LogP contribution in [0.2, 0.25) is 5.02 Å². The number of aromatic nitrogens is 1. The van der Waals surface area contributed by atoms with Gasteiger partial charge in [-0.25, -0.2) is 0 Å². The summed E-state index contributed by atoms with van der Waals surface area (Å²) < 4.78 is 0.780. The van der Waals surface area contributed by atoms with Crippen LogP contribution in [0.1, 0.15) is 0 Å². The molecule has 0 unspecified atom stereocenters. The lowest BCUT2D eigenvalue weighted by Gasteiger charge is -2.10. The molecule has 2 aliphatic rings. The van der Waals surface area contributed by atoms with Crippen molar-refractivity contribution < 1.29 is 10.3 Å². The number of benzene rings is 1. The lowest BCUT2D eigenvalue weighted by molar-refractivity contribution is 0.189. The predicted octanol–water partition coefficient (Wildman–Crippen LogP) is 1.55. The Hall–Kier alpha value is -1.68. The highest BCUT2D eigenvalue weighted by Crippen LogP contribution is 2.29. The zero-order valence-corrected chi connectivity index (χ0v) is 7.69. The number of aromatic hydroxyl groups is 1. The van der Waals surface area contributed by atoms with Crippen LogP contribution in [-0.2, 0) is 0 Å². The SMILES string of the molecule is O=c1cc2n(O)ccc(Cl)c-2cc1O. The maximum atomic E-state index is 11.1. The summed E-state index contributed by atoms with van der Waals surface area (Å²) in [5.74, 6) is -0.384. The fourth-order valence-electron chi connectivity index (χ4n) is 1.24. The fourth-order valence-corrected chi connectivity index (χ4v) is 1.45. The molecular weight excluding hydrogens is 206 g/mol. The first-order valence-corrected chi connectivity index (χ1v) is 4.20. The molecule has 0 aromatic heterocycles.